The summed E-state index contributed by atoms with van der Waals surface area (Å²) in [5.74, 6) is 0.171. The number of nitrogens with zero attached hydrogens (tertiary/aromatic N) is 1. The van der Waals surface area contributed by atoms with Crippen LogP contribution in [0.4, 0.5) is 20.6 Å². The maximum Gasteiger partial charge on any atom is 0.411 e. The summed E-state index contributed by atoms with van der Waals surface area (Å²) in [6.45, 7) is 2.01. The van der Waals surface area contributed by atoms with E-state index in [-0.39, 0.29) is 12.4 Å². The van der Waals surface area contributed by atoms with Crippen LogP contribution in [0.1, 0.15) is 12.5 Å². The van der Waals surface area contributed by atoms with E-state index in [1.54, 1.807) is 43.5 Å². The number of carbonyl (C=O) groups is 1. The zero-order valence-electron chi connectivity index (χ0n) is 12.9. The summed E-state index contributed by atoms with van der Waals surface area (Å²) in [4.78, 5) is 15.8. The van der Waals surface area contributed by atoms with E-state index in [9.17, 15) is 9.18 Å². The number of amides is 1. The summed E-state index contributed by atoms with van der Waals surface area (Å²) in [5.41, 5.74) is 1.91. The van der Waals surface area contributed by atoms with E-state index >= 15 is 0 Å². The van der Waals surface area contributed by atoms with E-state index in [0.29, 0.717) is 17.1 Å². The number of halogens is 1. The van der Waals surface area contributed by atoms with Gasteiger partial charge in [-0.05, 0) is 36.8 Å². The third-order valence-electron chi connectivity index (χ3n) is 2.93. The maximum atomic E-state index is 12.8. The minimum absolute atomic E-state index is 0.286. The predicted octanol–water partition coefficient (Wildman–Crippen LogP) is 4.15. The Hall–Kier alpha value is -2.89. The van der Waals surface area contributed by atoms with Gasteiger partial charge in [-0.2, -0.15) is 0 Å². The Bertz CT molecular complexity index is 699. The fourth-order valence-electron chi connectivity index (χ4n) is 1.84. The normalized spacial score (nSPS) is 10.6. The first-order chi connectivity index (χ1) is 11.1. The number of hydrogen-bond donors (Lipinski definition) is 1. The first-order valence-corrected chi connectivity index (χ1v) is 7.04. The molecule has 0 aliphatic carbocycles. The first-order valence-electron chi connectivity index (χ1n) is 7.04. The van der Waals surface area contributed by atoms with E-state index in [2.05, 4.69) is 10.3 Å². The van der Waals surface area contributed by atoms with Gasteiger partial charge in [0.25, 0.3) is 0 Å². The summed E-state index contributed by atoms with van der Waals surface area (Å²) in [5, 5.41) is 2.59. The number of nitrogens with one attached hydrogen (secondary N) is 1. The molecule has 0 aliphatic heterocycles. The van der Waals surface area contributed by atoms with Gasteiger partial charge in [0.2, 0.25) is 0 Å². The van der Waals surface area contributed by atoms with Crippen molar-refractivity contribution in [3.05, 3.63) is 53.8 Å². The van der Waals surface area contributed by atoms with Crippen molar-refractivity contribution in [2.24, 2.45) is 4.99 Å². The fraction of sp³-hybridized carbons (Fsp3) is 0.176. The van der Waals surface area contributed by atoms with Crippen LogP contribution in [0.5, 0.6) is 5.75 Å². The molecule has 2 aromatic carbocycles. The summed E-state index contributed by atoms with van der Waals surface area (Å²) >= 11 is 0. The monoisotopic (exact) mass is 316 g/mol. The summed E-state index contributed by atoms with van der Waals surface area (Å²) in [7, 11) is 1.50. The molecule has 0 saturated carbocycles. The molecule has 0 bridgehead atoms. The van der Waals surface area contributed by atoms with Crippen LogP contribution in [0.15, 0.2) is 47.5 Å². The minimum Gasteiger partial charge on any atom is -0.494 e. The van der Waals surface area contributed by atoms with Crippen LogP contribution >= 0.6 is 0 Å². The van der Waals surface area contributed by atoms with E-state index in [4.69, 9.17) is 9.47 Å². The van der Waals surface area contributed by atoms with Crippen LogP contribution in [0.3, 0.4) is 0 Å². The smallest absolute Gasteiger partial charge is 0.411 e. The number of methoxy groups -OCH3 is 1. The molecule has 1 N–H and O–H groups in total. The number of hydrogen-bond acceptors (Lipinski definition) is 4. The second-order valence-corrected chi connectivity index (χ2v) is 4.54. The van der Waals surface area contributed by atoms with Gasteiger partial charge in [0.1, 0.15) is 11.6 Å². The van der Waals surface area contributed by atoms with Gasteiger partial charge in [0, 0.05) is 12.3 Å². The van der Waals surface area contributed by atoms with Crippen LogP contribution in [-0.4, -0.2) is 26.0 Å². The van der Waals surface area contributed by atoms with Gasteiger partial charge in [-0.3, -0.25) is 10.3 Å². The molecular formula is C17H17FN2O3. The Morgan fingerprint density at radius 2 is 2.00 bits per heavy atom. The largest absolute Gasteiger partial charge is 0.494 e. The van der Waals surface area contributed by atoms with E-state index in [0.717, 1.165) is 5.56 Å². The molecule has 0 radical (unpaired) electrons. The number of anilines is 1. The molecule has 0 spiro atoms. The van der Waals surface area contributed by atoms with Crippen molar-refractivity contribution in [3.8, 4) is 5.75 Å². The lowest BCUT2D eigenvalue weighted by Crippen LogP contribution is -2.13. The predicted molar refractivity (Wildman–Crippen MR) is 87.3 cm³/mol. The van der Waals surface area contributed by atoms with Gasteiger partial charge in [0.05, 0.1) is 25.1 Å². The van der Waals surface area contributed by atoms with Crippen LogP contribution in [0.25, 0.3) is 0 Å². The molecule has 120 valence electrons. The SMILES string of the molecule is CCOC(=O)Nc1ccc(N=Cc2ccc(F)cc2)cc1OC. The molecule has 0 aliphatic rings. The van der Waals surface area contributed by atoms with Gasteiger partial charge in [0.15, 0.2) is 0 Å². The Kier molecular flexibility index (Phi) is 5.68. The van der Waals surface area contributed by atoms with Crippen LogP contribution < -0.4 is 10.1 Å². The summed E-state index contributed by atoms with van der Waals surface area (Å²) < 4.78 is 22.9. The molecule has 0 fully saturated rings. The van der Waals surface area contributed by atoms with Gasteiger partial charge in [-0.15, -0.1) is 0 Å². The van der Waals surface area contributed by atoms with Crippen LogP contribution in [0, 0.1) is 5.82 Å². The number of aliphatic imine (C=N–C) groups is 1. The molecule has 0 aromatic heterocycles. The van der Waals surface area contributed by atoms with Crippen molar-refractivity contribution in [3.63, 3.8) is 0 Å². The van der Waals surface area contributed by atoms with Gasteiger partial charge < -0.3 is 9.47 Å². The lowest BCUT2D eigenvalue weighted by molar-refractivity contribution is 0.168. The highest BCUT2D eigenvalue weighted by atomic mass is 19.1. The molecule has 0 heterocycles. The molecule has 5 nitrogen and oxygen atoms in total. The Labute approximate surface area is 133 Å². The Morgan fingerprint density at radius 1 is 1.26 bits per heavy atom. The molecule has 23 heavy (non-hydrogen) atoms. The average molecular weight is 316 g/mol. The van der Waals surface area contributed by atoms with E-state index < -0.39 is 6.09 Å². The first kappa shape index (κ1) is 16.5. The van der Waals surface area contributed by atoms with E-state index in [1.165, 1.54) is 19.2 Å². The molecule has 2 aromatic rings. The molecule has 2 rings (SSSR count). The molecular weight excluding hydrogens is 299 g/mol. The number of ether oxygens (including phenoxy) is 2. The van der Waals surface area contributed by atoms with Gasteiger partial charge in [-0.1, -0.05) is 12.1 Å². The average Bonchev–Trinajstić information content (AvgIpc) is 2.55. The second kappa shape index (κ2) is 7.93. The third-order valence-corrected chi connectivity index (χ3v) is 2.93. The fourth-order valence-corrected chi connectivity index (χ4v) is 1.84. The van der Waals surface area contributed by atoms with Crippen molar-refractivity contribution in [1.82, 2.24) is 0 Å². The molecule has 0 saturated heterocycles. The number of benzene rings is 2. The number of carbonyl (C=O) groups excluding carboxylic acids is 1. The highest BCUT2D eigenvalue weighted by Crippen LogP contribution is 2.29. The van der Waals surface area contributed by atoms with Crippen LogP contribution in [-0.2, 0) is 4.74 Å². The van der Waals surface area contributed by atoms with Crippen molar-refractivity contribution in [2.45, 2.75) is 6.92 Å². The number of rotatable bonds is 5. The second-order valence-electron chi connectivity index (χ2n) is 4.54. The zero-order chi connectivity index (χ0) is 16.7. The highest BCUT2D eigenvalue weighted by molar-refractivity contribution is 5.88. The summed E-state index contributed by atoms with van der Waals surface area (Å²) in [6, 6.07) is 11.1. The molecule has 0 atom stereocenters. The zero-order valence-corrected chi connectivity index (χ0v) is 12.9. The third kappa shape index (κ3) is 4.81. The van der Waals surface area contributed by atoms with E-state index in [1.807, 2.05) is 0 Å². The van der Waals surface area contributed by atoms with Crippen LogP contribution in [0.2, 0.25) is 0 Å². The Morgan fingerprint density at radius 3 is 2.65 bits per heavy atom. The topological polar surface area (TPSA) is 59.9 Å². The molecule has 1 amide bonds. The summed E-state index contributed by atoms with van der Waals surface area (Å²) in [6.07, 6.45) is 1.07. The molecule has 0 unspecified atom stereocenters. The van der Waals surface area contributed by atoms with Crippen molar-refractivity contribution in [2.75, 3.05) is 19.0 Å². The minimum atomic E-state index is -0.548. The maximum absolute atomic E-state index is 12.8. The van der Waals surface area contributed by atoms with Crippen molar-refractivity contribution < 1.29 is 18.7 Å². The van der Waals surface area contributed by atoms with Gasteiger partial charge in [-0.25, -0.2) is 9.18 Å². The quantitative estimate of drug-likeness (QED) is 0.843. The lowest BCUT2D eigenvalue weighted by Gasteiger charge is -2.10. The Balaban J connectivity index is 2.14. The van der Waals surface area contributed by atoms with Gasteiger partial charge >= 0.3 is 6.09 Å². The molecule has 6 heteroatoms. The lowest BCUT2D eigenvalue weighted by atomic mass is 10.2. The van der Waals surface area contributed by atoms with Crippen molar-refractivity contribution in [1.29, 1.82) is 0 Å². The van der Waals surface area contributed by atoms with Crippen molar-refractivity contribution >= 4 is 23.7 Å². The standard InChI is InChI=1S/C17H17FN2O3/c1-3-23-17(21)20-15-9-8-14(10-16(15)22-2)19-11-12-4-6-13(18)7-5-12/h4-11H,3H2,1-2H3,(H,20,21). The highest BCUT2D eigenvalue weighted by Gasteiger charge is 2.08.